The molecule has 0 aromatic heterocycles. The fourth-order valence-corrected chi connectivity index (χ4v) is 1.16. The van der Waals surface area contributed by atoms with Gasteiger partial charge in [-0.05, 0) is 17.4 Å². The Morgan fingerprint density at radius 2 is 2.25 bits per heavy atom. The van der Waals surface area contributed by atoms with E-state index in [1.165, 1.54) is 5.75 Å². The van der Waals surface area contributed by atoms with Gasteiger partial charge in [0.05, 0.1) is 0 Å². The molecule has 8 heavy (non-hydrogen) atoms. The van der Waals surface area contributed by atoms with Crippen LogP contribution in [0.25, 0.3) is 0 Å². The first kappa shape index (κ1) is 8.09. The topological polar surface area (TPSA) is 0 Å². The van der Waals surface area contributed by atoms with Gasteiger partial charge in [0.1, 0.15) is 0 Å². The molecule has 0 N–H and O–H groups in total. The first-order chi connectivity index (χ1) is 3.77. The second kappa shape index (κ2) is 5.23. The fraction of sp³-hybridized carbons (Fsp3) is 0.714. The summed E-state index contributed by atoms with van der Waals surface area (Å²) in [7, 11) is 0. The van der Waals surface area contributed by atoms with E-state index < -0.39 is 0 Å². The van der Waals surface area contributed by atoms with Crippen LogP contribution in [0.3, 0.4) is 0 Å². The zero-order valence-corrected chi connectivity index (χ0v) is 6.50. The Bertz CT molecular complexity index is 57.4. The number of hydrogen-bond acceptors (Lipinski definition) is 1. The number of thioether (sulfide) groups is 1. The Kier molecular flexibility index (Phi) is 5.29. The van der Waals surface area contributed by atoms with E-state index >= 15 is 0 Å². The smallest absolute Gasteiger partial charge is 0.000957 e. The molecule has 0 rings (SSSR count). The molecule has 0 aromatic carbocycles. The molecule has 0 radical (unpaired) electrons. The maximum absolute atomic E-state index is 3.64. The SMILES string of the molecule is C=CCCSC(C)C. The van der Waals surface area contributed by atoms with Crippen molar-refractivity contribution in [3.8, 4) is 0 Å². The van der Waals surface area contributed by atoms with Crippen molar-refractivity contribution in [2.75, 3.05) is 5.75 Å². The monoisotopic (exact) mass is 130 g/mol. The summed E-state index contributed by atoms with van der Waals surface area (Å²) < 4.78 is 0. The van der Waals surface area contributed by atoms with Crippen LogP contribution >= 0.6 is 11.8 Å². The molecule has 1 heteroatoms. The average molecular weight is 130 g/mol. The predicted octanol–water partition coefficient (Wildman–Crippen LogP) is 2.70. The molecule has 0 atom stereocenters. The summed E-state index contributed by atoms with van der Waals surface area (Å²) >= 11 is 1.98. The van der Waals surface area contributed by atoms with E-state index in [1.54, 1.807) is 0 Å². The van der Waals surface area contributed by atoms with E-state index in [1.807, 2.05) is 17.8 Å². The number of rotatable bonds is 4. The van der Waals surface area contributed by atoms with Gasteiger partial charge in [0.25, 0.3) is 0 Å². The van der Waals surface area contributed by atoms with Crippen molar-refractivity contribution < 1.29 is 0 Å². The molecule has 0 unspecified atom stereocenters. The standard InChI is InChI=1S/C7H14S/c1-4-5-6-8-7(2)3/h4,7H,1,5-6H2,2-3H3. The Morgan fingerprint density at radius 1 is 1.62 bits per heavy atom. The summed E-state index contributed by atoms with van der Waals surface area (Å²) in [5.74, 6) is 1.22. The minimum atomic E-state index is 0.773. The van der Waals surface area contributed by atoms with Gasteiger partial charge in [-0.15, -0.1) is 6.58 Å². The lowest BCUT2D eigenvalue weighted by Gasteiger charge is -1.99. The van der Waals surface area contributed by atoms with Gasteiger partial charge in [-0.3, -0.25) is 0 Å². The van der Waals surface area contributed by atoms with Crippen LogP contribution in [0.2, 0.25) is 0 Å². The minimum Gasteiger partial charge on any atom is -0.159 e. The van der Waals surface area contributed by atoms with E-state index in [9.17, 15) is 0 Å². The molecule has 0 aliphatic rings. The lowest BCUT2D eigenvalue weighted by molar-refractivity contribution is 1.10. The molecule has 0 spiro atoms. The van der Waals surface area contributed by atoms with Gasteiger partial charge in [-0.2, -0.15) is 11.8 Å². The Hall–Kier alpha value is 0.0900. The molecule has 0 aliphatic heterocycles. The zero-order chi connectivity index (χ0) is 6.41. The van der Waals surface area contributed by atoms with E-state index in [2.05, 4.69) is 20.4 Å². The maximum Gasteiger partial charge on any atom is -0.000957 e. The molecular formula is C7H14S. The van der Waals surface area contributed by atoms with Gasteiger partial charge in [-0.1, -0.05) is 19.9 Å². The molecule has 0 amide bonds. The first-order valence-corrected chi connectivity index (χ1v) is 4.04. The van der Waals surface area contributed by atoms with E-state index in [-0.39, 0.29) is 0 Å². The molecule has 0 bridgehead atoms. The fourth-order valence-electron chi connectivity index (χ4n) is 0.387. The van der Waals surface area contributed by atoms with Crippen LogP contribution in [0.4, 0.5) is 0 Å². The summed E-state index contributed by atoms with van der Waals surface area (Å²) in [4.78, 5) is 0. The highest BCUT2D eigenvalue weighted by atomic mass is 32.2. The Labute approximate surface area is 56.4 Å². The maximum atomic E-state index is 3.64. The van der Waals surface area contributed by atoms with Crippen molar-refractivity contribution in [1.82, 2.24) is 0 Å². The highest BCUT2D eigenvalue weighted by Gasteiger charge is 1.89. The Balaban J connectivity index is 2.81. The van der Waals surface area contributed by atoms with Crippen LogP contribution in [0.15, 0.2) is 12.7 Å². The van der Waals surface area contributed by atoms with Gasteiger partial charge in [0.2, 0.25) is 0 Å². The predicted molar refractivity (Wildman–Crippen MR) is 42.4 cm³/mol. The highest BCUT2D eigenvalue weighted by Crippen LogP contribution is 2.09. The van der Waals surface area contributed by atoms with Gasteiger partial charge in [0, 0.05) is 0 Å². The zero-order valence-electron chi connectivity index (χ0n) is 5.68. The number of hydrogen-bond donors (Lipinski definition) is 0. The van der Waals surface area contributed by atoms with Crippen LogP contribution in [-0.4, -0.2) is 11.0 Å². The van der Waals surface area contributed by atoms with Crippen LogP contribution in [0, 0.1) is 0 Å². The summed E-state index contributed by atoms with van der Waals surface area (Å²) in [6.07, 6.45) is 3.11. The van der Waals surface area contributed by atoms with E-state index in [4.69, 9.17) is 0 Å². The van der Waals surface area contributed by atoms with Gasteiger partial charge < -0.3 is 0 Å². The van der Waals surface area contributed by atoms with E-state index in [0.29, 0.717) is 0 Å². The minimum absolute atomic E-state index is 0.773. The third-order valence-electron chi connectivity index (χ3n) is 0.773. The molecule has 48 valence electrons. The summed E-state index contributed by atoms with van der Waals surface area (Å²) in [6, 6.07) is 0. The van der Waals surface area contributed by atoms with Crippen molar-refractivity contribution in [1.29, 1.82) is 0 Å². The number of allylic oxidation sites excluding steroid dienone is 1. The molecule has 0 saturated heterocycles. The van der Waals surface area contributed by atoms with Gasteiger partial charge in [-0.25, -0.2) is 0 Å². The first-order valence-electron chi connectivity index (χ1n) is 3.00. The molecule has 0 heterocycles. The van der Waals surface area contributed by atoms with Crippen molar-refractivity contribution in [2.24, 2.45) is 0 Å². The second-order valence-corrected chi connectivity index (χ2v) is 3.68. The molecule has 0 nitrogen and oxygen atoms in total. The summed E-state index contributed by atoms with van der Waals surface area (Å²) in [6.45, 7) is 8.08. The van der Waals surface area contributed by atoms with Crippen LogP contribution in [0.5, 0.6) is 0 Å². The van der Waals surface area contributed by atoms with Gasteiger partial charge in [0.15, 0.2) is 0 Å². The molecule has 0 aromatic rings. The quantitative estimate of drug-likeness (QED) is 0.416. The summed E-state index contributed by atoms with van der Waals surface area (Å²) in [5.41, 5.74) is 0. The second-order valence-electron chi connectivity index (χ2n) is 2.00. The van der Waals surface area contributed by atoms with Crippen molar-refractivity contribution >= 4 is 11.8 Å². The van der Waals surface area contributed by atoms with Crippen LogP contribution in [-0.2, 0) is 0 Å². The molecular weight excluding hydrogens is 116 g/mol. The lowest BCUT2D eigenvalue weighted by atomic mass is 10.5. The highest BCUT2D eigenvalue weighted by molar-refractivity contribution is 7.99. The lowest BCUT2D eigenvalue weighted by Crippen LogP contribution is -1.87. The average Bonchev–Trinajstić information content (AvgIpc) is 1.66. The third kappa shape index (κ3) is 6.09. The summed E-state index contributed by atoms with van der Waals surface area (Å²) in [5, 5.41) is 0.773. The van der Waals surface area contributed by atoms with Crippen LogP contribution in [0.1, 0.15) is 20.3 Å². The van der Waals surface area contributed by atoms with E-state index in [0.717, 1.165) is 11.7 Å². The third-order valence-corrected chi connectivity index (χ3v) is 1.91. The van der Waals surface area contributed by atoms with Crippen molar-refractivity contribution in [3.63, 3.8) is 0 Å². The van der Waals surface area contributed by atoms with Crippen molar-refractivity contribution in [2.45, 2.75) is 25.5 Å². The largest absolute Gasteiger partial charge is 0.159 e. The molecule has 0 aliphatic carbocycles. The van der Waals surface area contributed by atoms with Crippen LogP contribution < -0.4 is 0 Å². The molecule has 0 saturated carbocycles. The molecule has 0 fully saturated rings. The normalized spacial score (nSPS) is 9.88. The van der Waals surface area contributed by atoms with Gasteiger partial charge >= 0.3 is 0 Å². The van der Waals surface area contributed by atoms with Crippen molar-refractivity contribution in [3.05, 3.63) is 12.7 Å². The Morgan fingerprint density at radius 3 is 2.62 bits per heavy atom.